The van der Waals surface area contributed by atoms with Crippen LogP contribution in [0.2, 0.25) is 0 Å². The fraction of sp³-hybridized carbons (Fsp3) is 0.417. The Morgan fingerprint density at radius 2 is 2.37 bits per heavy atom. The third kappa shape index (κ3) is 2.59. The molecule has 0 atom stereocenters. The summed E-state index contributed by atoms with van der Waals surface area (Å²) < 4.78 is 3.65. The van der Waals surface area contributed by atoms with Crippen molar-refractivity contribution in [2.45, 2.75) is 25.4 Å². The van der Waals surface area contributed by atoms with Crippen molar-refractivity contribution in [3.05, 3.63) is 30.4 Å². The highest BCUT2D eigenvalue weighted by molar-refractivity contribution is 5.93. The number of nitrogen functional groups attached to an aromatic ring is 1. The first-order valence-corrected chi connectivity index (χ1v) is 6.33. The van der Waals surface area contributed by atoms with Gasteiger partial charge in [0, 0.05) is 25.0 Å². The van der Waals surface area contributed by atoms with Crippen LogP contribution in [-0.2, 0) is 6.54 Å². The van der Waals surface area contributed by atoms with Gasteiger partial charge in [0.25, 0.3) is 5.91 Å². The number of nitrogens with two attached hydrogens (primary N) is 1. The summed E-state index contributed by atoms with van der Waals surface area (Å²) in [5.74, 6) is -0.0938. The molecule has 0 bridgehead atoms. The Bertz CT molecular complexity index is 569. The first kappa shape index (κ1) is 11.8. The number of carbonyl (C=O) groups is 1. The van der Waals surface area contributed by atoms with E-state index in [2.05, 4.69) is 15.6 Å². The van der Waals surface area contributed by atoms with Gasteiger partial charge in [0.1, 0.15) is 5.69 Å². The highest BCUT2D eigenvalue weighted by atomic mass is 16.1. The second kappa shape index (κ2) is 4.75. The van der Waals surface area contributed by atoms with E-state index in [0.29, 0.717) is 30.5 Å². The van der Waals surface area contributed by atoms with E-state index >= 15 is 0 Å². The molecule has 19 heavy (non-hydrogen) atoms. The number of carbonyl (C=O) groups excluding carboxylic acids is 1. The summed E-state index contributed by atoms with van der Waals surface area (Å²) in [6.45, 7) is 1.11. The van der Waals surface area contributed by atoms with Gasteiger partial charge in [-0.1, -0.05) is 5.21 Å². The smallest absolute Gasteiger partial charge is 0.268 e. The lowest BCUT2D eigenvalue weighted by Crippen LogP contribution is -2.29. The van der Waals surface area contributed by atoms with E-state index in [1.165, 1.54) is 0 Å². The predicted molar refractivity (Wildman–Crippen MR) is 69.5 cm³/mol. The molecule has 3 N–H and O–H groups in total. The summed E-state index contributed by atoms with van der Waals surface area (Å²) in [5.41, 5.74) is 7.04. The van der Waals surface area contributed by atoms with Crippen LogP contribution >= 0.6 is 0 Å². The zero-order valence-corrected chi connectivity index (χ0v) is 10.5. The largest absolute Gasteiger partial charge is 0.397 e. The van der Waals surface area contributed by atoms with Gasteiger partial charge in [-0.05, 0) is 18.9 Å². The molecule has 0 aliphatic heterocycles. The van der Waals surface area contributed by atoms with Crippen LogP contribution in [0.15, 0.2) is 24.7 Å². The van der Waals surface area contributed by atoms with Crippen LogP contribution in [-0.4, -0.2) is 32.0 Å². The average Bonchev–Trinajstić information content (AvgIpc) is 2.96. The molecule has 7 nitrogen and oxygen atoms in total. The molecule has 0 spiro atoms. The SMILES string of the molecule is Nc1cc(C(=O)NCCn2ccnn2)n(C2CC2)c1. The van der Waals surface area contributed by atoms with E-state index < -0.39 is 0 Å². The maximum Gasteiger partial charge on any atom is 0.268 e. The summed E-state index contributed by atoms with van der Waals surface area (Å²) >= 11 is 0. The molecule has 100 valence electrons. The Hall–Kier alpha value is -2.31. The molecule has 1 amide bonds. The zero-order chi connectivity index (χ0) is 13.2. The average molecular weight is 260 g/mol. The Kier molecular flexibility index (Phi) is 2.94. The molecule has 3 rings (SSSR count). The van der Waals surface area contributed by atoms with Crippen LogP contribution in [0.1, 0.15) is 29.4 Å². The van der Waals surface area contributed by atoms with E-state index in [-0.39, 0.29) is 5.91 Å². The van der Waals surface area contributed by atoms with Crippen LogP contribution in [0.3, 0.4) is 0 Å². The minimum atomic E-state index is -0.0938. The number of nitrogens with one attached hydrogen (secondary N) is 1. The molecule has 1 aliphatic rings. The van der Waals surface area contributed by atoms with Crippen LogP contribution in [0.5, 0.6) is 0 Å². The molecule has 0 aromatic carbocycles. The Balaban J connectivity index is 1.60. The van der Waals surface area contributed by atoms with Gasteiger partial charge in [0.05, 0.1) is 18.4 Å². The van der Waals surface area contributed by atoms with Crippen LogP contribution in [0.4, 0.5) is 5.69 Å². The number of aromatic nitrogens is 4. The van der Waals surface area contributed by atoms with Gasteiger partial charge in [0.2, 0.25) is 0 Å². The topological polar surface area (TPSA) is 90.8 Å². The maximum atomic E-state index is 12.1. The number of anilines is 1. The third-order valence-electron chi connectivity index (χ3n) is 3.14. The van der Waals surface area contributed by atoms with Crippen molar-refractivity contribution in [3.63, 3.8) is 0 Å². The monoisotopic (exact) mass is 260 g/mol. The lowest BCUT2D eigenvalue weighted by Gasteiger charge is -2.08. The molecule has 0 unspecified atom stereocenters. The quantitative estimate of drug-likeness (QED) is 0.815. The minimum Gasteiger partial charge on any atom is -0.397 e. The van der Waals surface area contributed by atoms with Gasteiger partial charge in [0.15, 0.2) is 0 Å². The molecular formula is C12H16N6O. The lowest BCUT2D eigenvalue weighted by atomic mass is 10.3. The fourth-order valence-electron chi connectivity index (χ4n) is 2.06. The number of rotatable bonds is 5. The van der Waals surface area contributed by atoms with E-state index in [4.69, 9.17) is 5.73 Å². The molecule has 0 radical (unpaired) electrons. The second-order valence-electron chi connectivity index (χ2n) is 4.72. The van der Waals surface area contributed by atoms with Crippen molar-refractivity contribution in [1.29, 1.82) is 0 Å². The highest BCUT2D eigenvalue weighted by Crippen LogP contribution is 2.37. The van der Waals surface area contributed by atoms with E-state index in [1.54, 1.807) is 23.1 Å². The molecule has 2 heterocycles. The summed E-state index contributed by atoms with van der Waals surface area (Å²) in [4.78, 5) is 12.1. The van der Waals surface area contributed by atoms with Gasteiger partial charge in [-0.2, -0.15) is 0 Å². The summed E-state index contributed by atoms with van der Waals surface area (Å²) in [6, 6.07) is 2.16. The molecule has 1 aliphatic carbocycles. The molecule has 1 fully saturated rings. The summed E-state index contributed by atoms with van der Waals surface area (Å²) in [7, 11) is 0. The molecule has 1 saturated carbocycles. The number of amides is 1. The summed E-state index contributed by atoms with van der Waals surface area (Å²) in [5, 5.41) is 10.4. The number of hydrogen-bond donors (Lipinski definition) is 2. The van der Waals surface area contributed by atoms with Gasteiger partial charge in [-0.3, -0.25) is 9.48 Å². The molecule has 0 saturated heterocycles. The normalized spacial score (nSPS) is 14.5. The van der Waals surface area contributed by atoms with Crippen molar-refractivity contribution in [1.82, 2.24) is 24.9 Å². The van der Waals surface area contributed by atoms with Crippen LogP contribution in [0, 0.1) is 0 Å². The van der Waals surface area contributed by atoms with Crippen molar-refractivity contribution >= 4 is 11.6 Å². The van der Waals surface area contributed by atoms with Crippen LogP contribution < -0.4 is 11.1 Å². The first-order valence-electron chi connectivity index (χ1n) is 6.33. The second-order valence-corrected chi connectivity index (χ2v) is 4.72. The fourth-order valence-corrected chi connectivity index (χ4v) is 2.06. The Morgan fingerprint density at radius 3 is 3.05 bits per heavy atom. The van der Waals surface area contributed by atoms with Crippen molar-refractivity contribution in [2.75, 3.05) is 12.3 Å². The predicted octanol–water partition coefficient (Wildman–Crippen LogP) is 0.427. The molecular weight excluding hydrogens is 244 g/mol. The Morgan fingerprint density at radius 1 is 1.53 bits per heavy atom. The van der Waals surface area contributed by atoms with Crippen molar-refractivity contribution < 1.29 is 4.79 Å². The first-order chi connectivity index (χ1) is 9.24. The number of hydrogen-bond acceptors (Lipinski definition) is 4. The van der Waals surface area contributed by atoms with Crippen molar-refractivity contribution in [2.24, 2.45) is 0 Å². The van der Waals surface area contributed by atoms with Crippen LogP contribution in [0.25, 0.3) is 0 Å². The highest BCUT2D eigenvalue weighted by Gasteiger charge is 2.27. The zero-order valence-electron chi connectivity index (χ0n) is 10.5. The molecule has 7 heteroatoms. The third-order valence-corrected chi connectivity index (χ3v) is 3.14. The van der Waals surface area contributed by atoms with Gasteiger partial charge in [-0.15, -0.1) is 5.10 Å². The number of nitrogens with zero attached hydrogens (tertiary/aromatic N) is 4. The molecule has 2 aromatic rings. The van der Waals surface area contributed by atoms with Gasteiger partial charge < -0.3 is 15.6 Å². The van der Waals surface area contributed by atoms with E-state index in [9.17, 15) is 4.79 Å². The summed E-state index contributed by atoms with van der Waals surface area (Å²) in [6.07, 6.45) is 7.45. The molecule has 2 aromatic heterocycles. The van der Waals surface area contributed by atoms with Gasteiger partial charge in [-0.25, -0.2) is 0 Å². The van der Waals surface area contributed by atoms with E-state index in [1.807, 2.05) is 10.8 Å². The Labute approximate surface area is 110 Å². The minimum absolute atomic E-state index is 0.0938. The standard InChI is InChI=1S/C12H16N6O/c13-9-7-11(18(8-9)10-1-2-10)12(19)14-3-5-17-6-4-15-16-17/h4,6-8,10H,1-3,5,13H2,(H,14,19). The maximum absolute atomic E-state index is 12.1. The van der Waals surface area contributed by atoms with Crippen molar-refractivity contribution in [3.8, 4) is 0 Å². The lowest BCUT2D eigenvalue weighted by molar-refractivity contribution is 0.0942. The van der Waals surface area contributed by atoms with Gasteiger partial charge >= 0.3 is 0 Å². The van der Waals surface area contributed by atoms with E-state index in [0.717, 1.165) is 12.8 Å².